The SMILES string of the molecule is COC(CN)C(=O)NCC1(N(C)C)CCCCC1. The molecule has 1 fully saturated rings. The second-order valence-electron chi connectivity index (χ2n) is 5.36. The van der Waals surface area contributed by atoms with Crippen LogP contribution >= 0.6 is 0 Å². The van der Waals surface area contributed by atoms with Crippen molar-refractivity contribution in [1.29, 1.82) is 0 Å². The quantitative estimate of drug-likeness (QED) is 0.720. The second-order valence-corrected chi connectivity index (χ2v) is 5.36. The number of amides is 1. The zero-order chi connectivity index (χ0) is 13.6. The Labute approximate surface area is 110 Å². The molecule has 0 radical (unpaired) electrons. The van der Waals surface area contributed by atoms with Crippen molar-refractivity contribution in [2.75, 3.05) is 34.3 Å². The number of hydrogen-bond donors (Lipinski definition) is 2. The van der Waals surface area contributed by atoms with Gasteiger partial charge in [0.1, 0.15) is 6.10 Å². The van der Waals surface area contributed by atoms with Gasteiger partial charge in [0.05, 0.1) is 0 Å². The van der Waals surface area contributed by atoms with E-state index in [1.807, 2.05) is 0 Å². The maximum atomic E-state index is 11.9. The van der Waals surface area contributed by atoms with E-state index in [1.54, 1.807) is 0 Å². The molecule has 0 saturated heterocycles. The van der Waals surface area contributed by atoms with Crippen molar-refractivity contribution in [3.63, 3.8) is 0 Å². The lowest BCUT2D eigenvalue weighted by Gasteiger charge is -2.43. The summed E-state index contributed by atoms with van der Waals surface area (Å²) in [7, 11) is 5.70. The number of carbonyl (C=O) groups excluding carboxylic acids is 1. The minimum Gasteiger partial charge on any atom is -0.370 e. The number of ether oxygens (including phenoxy) is 1. The molecule has 1 rings (SSSR count). The molecule has 1 saturated carbocycles. The Balaban J connectivity index is 2.54. The van der Waals surface area contributed by atoms with E-state index in [1.165, 1.54) is 26.4 Å². The highest BCUT2D eigenvalue weighted by Gasteiger charge is 2.34. The van der Waals surface area contributed by atoms with Gasteiger partial charge in [-0.1, -0.05) is 19.3 Å². The van der Waals surface area contributed by atoms with Gasteiger partial charge in [-0.05, 0) is 26.9 Å². The first-order valence-electron chi connectivity index (χ1n) is 6.74. The zero-order valence-electron chi connectivity index (χ0n) is 11.9. The molecule has 106 valence electrons. The molecule has 0 aromatic heterocycles. The fourth-order valence-corrected chi connectivity index (χ4v) is 2.67. The molecule has 1 amide bonds. The van der Waals surface area contributed by atoms with Gasteiger partial charge in [0.2, 0.25) is 0 Å². The minimum absolute atomic E-state index is 0.0980. The summed E-state index contributed by atoms with van der Waals surface area (Å²) in [6.45, 7) is 0.899. The highest BCUT2D eigenvalue weighted by atomic mass is 16.5. The van der Waals surface area contributed by atoms with E-state index in [0.29, 0.717) is 6.54 Å². The van der Waals surface area contributed by atoms with Gasteiger partial charge in [0.15, 0.2) is 0 Å². The van der Waals surface area contributed by atoms with Gasteiger partial charge in [-0.2, -0.15) is 0 Å². The lowest BCUT2D eigenvalue weighted by Crippen LogP contribution is -2.55. The molecule has 0 spiro atoms. The van der Waals surface area contributed by atoms with Crippen molar-refractivity contribution in [2.24, 2.45) is 5.73 Å². The van der Waals surface area contributed by atoms with Crippen LogP contribution in [-0.2, 0) is 9.53 Å². The van der Waals surface area contributed by atoms with Crippen molar-refractivity contribution in [3.8, 4) is 0 Å². The predicted octanol–water partition coefficient (Wildman–Crippen LogP) is 0.341. The van der Waals surface area contributed by atoms with Gasteiger partial charge in [0, 0.05) is 25.7 Å². The molecular formula is C13H27N3O2. The lowest BCUT2D eigenvalue weighted by atomic mass is 9.80. The van der Waals surface area contributed by atoms with Gasteiger partial charge >= 0.3 is 0 Å². The van der Waals surface area contributed by atoms with Crippen LogP contribution in [0.1, 0.15) is 32.1 Å². The molecule has 0 aliphatic heterocycles. The van der Waals surface area contributed by atoms with Gasteiger partial charge in [-0.25, -0.2) is 0 Å². The van der Waals surface area contributed by atoms with E-state index >= 15 is 0 Å². The summed E-state index contributed by atoms with van der Waals surface area (Å²) in [5, 5.41) is 2.99. The van der Waals surface area contributed by atoms with Crippen LogP contribution in [0.5, 0.6) is 0 Å². The van der Waals surface area contributed by atoms with Crippen molar-refractivity contribution >= 4 is 5.91 Å². The molecule has 5 heteroatoms. The van der Waals surface area contributed by atoms with Gasteiger partial charge in [-0.3, -0.25) is 4.79 Å². The normalized spacial score (nSPS) is 20.7. The summed E-state index contributed by atoms with van der Waals surface area (Å²) in [5.41, 5.74) is 5.59. The molecule has 0 aromatic rings. The van der Waals surface area contributed by atoms with E-state index in [0.717, 1.165) is 12.8 Å². The van der Waals surface area contributed by atoms with E-state index in [4.69, 9.17) is 10.5 Å². The van der Waals surface area contributed by atoms with E-state index < -0.39 is 6.10 Å². The summed E-state index contributed by atoms with van der Waals surface area (Å²) < 4.78 is 5.04. The van der Waals surface area contributed by atoms with Crippen molar-refractivity contribution in [3.05, 3.63) is 0 Å². The van der Waals surface area contributed by atoms with Crippen molar-refractivity contribution < 1.29 is 9.53 Å². The molecule has 1 aliphatic rings. The standard InChI is InChI=1S/C13H27N3O2/c1-16(2)13(7-5-4-6-8-13)10-15-12(17)11(9-14)18-3/h11H,4-10,14H2,1-3H3,(H,15,17). The summed E-state index contributed by atoms with van der Waals surface area (Å²) in [4.78, 5) is 14.1. The third-order valence-corrected chi connectivity index (χ3v) is 4.12. The average molecular weight is 257 g/mol. The molecular weight excluding hydrogens is 230 g/mol. The van der Waals surface area contributed by atoms with E-state index in [-0.39, 0.29) is 18.0 Å². The number of nitrogens with zero attached hydrogens (tertiary/aromatic N) is 1. The highest BCUT2D eigenvalue weighted by molar-refractivity contribution is 5.81. The fraction of sp³-hybridized carbons (Fsp3) is 0.923. The van der Waals surface area contributed by atoms with Crippen LogP contribution in [0, 0.1) is 0 Å². The van der Waals surface area contributed by atoms with Crippen LogP contribution in [0.3, 0.4) is 0 Å². The Morgan fingerprint density at radius 2 is 2.00 bits per heavy atom. The summed E-state index contributed by atoms with van der Waals surface area (Å²) in [6, 6.07) is 0. The molecule has 18 heavy (non-hydrogen) atoms. The average Bonchev–Trinajstić information content (AvgIpc) is 2.38. The van der Waals surface area contributed by atoms with E-state index in [2.05, 4.69) is 24.3 Å². The van der Waals surface area contributed by atoms with Crippen LogP contribution in [0.2, 0.25) is 0 Å². The predicted molar refractivity (Wildman–Crippen MR) is 72.4 cm³/mol. The van der Waals surface area contributed by atoms with Gasteiger partial charge in [0.25, 0.3) is 5.91 Å². The van der Waals surface area contributed by atoms with Crippen LogP contribution in [0.15, 0.2) is 0 Å². The number of carbonyl (C=O) groups is 1. The maximum Gasteiger partial charge on any atom is 0.250 e. The number of nitrogens with two attached hydrogens (primary N) is 1. The molecule has 1 aliphatic carbocycles. The second kappa shape index (κ2) is 7.07. The van der Waals surface area contributed by atoms with Crippen LogP contribution in [0.25, 0.3) is 0 Å². The van der Waals surface area contributed by atoms with Gasteiger partial charge in [-0.15, -0.1) is 0 Å². The van der Waals surface area contributed by atoms with Crippen molar-refractivity contribution in [2.45, 2.75) is 43.7 Å². The Morgan fingerprint density at radius 1 is 1.39 bits per heavy atom. The molecule has 1 atom stereocenters. The molecule has 0 heterocycles. The maximum absolute atomic E-state index is 11.9. The number of rotatable bonds is 6. The van der Waals surface area contributed by atoms with Gasteiger partial charge < -0.3 is 20.7 Å². The number of likely N-dealkylation sites (N-methyl/N-ethyl adjacent to an activating group) is 1. The molecule has 5 nitrogen and oxygen atoms in total. The molecule has 0 bridgehead atoms. The third-order valence-electron chi connectivity index (χ3n) is 4.12. The van der Waals surface area contributed by atoms with E-state index in [9.17, 15) is 4.79 Å². The lowest BCUT2D eigenvalue weighted by molar-refractivity contribution is -0.131. The van der Waals surface area contributed by atoms with Crippen LogP contribution in [0.4, 0.5) is 0 Å². The first kappa shape index (κ1) is 15.4. The van der Waals surface area contributed by atoms with Crippen LogP contribution in [-0.4, -0.2) is 56.7 Å². The number of methoxy groups -OCH3 is 1. The van der Waals surface area contributed by atoms with Crippen LogP contribution < -0.4 is 11.1 Å². The number of hydrogen-bond acceptors (Lipinski definition) is 4. The highest BCUT2D eigenvalue weighted by Crippen LogP contribution is 2.31. The summed E-state index contributed by atoms with van der Waals surface area (Å²) in [6.07, 6.45) is 5.51. The minimum atomic E-state index is -0.534. The fourth-order valence-electron chi connectivity index (χ4n) is 2.67. The Hall–Kier alpha value is -0.650. The first-order chi connectivity index (χ1) is 8.55. The Bertz CT molecular complexity index is 259. The monoisotopic (exact) mass is 257 g/mol. The largest absolute Gasteiger partial charge is 0.370 e. The molecule has 3 N–H and O–H groups in total. The van der Waals surface area contributed by atoms with Crippen molar-refractivity contribution in [1.82, 2.24) is 10.2 Å². The Morgan fingerprint density at radius 3 is 2.44 bits per heavy atom. The smallest absolute Gasteiger partial charge is 0.250 e. The summed E-state index contributed by atoms with van der Waals surface area (Å²) in [5.74, 6) is -0.105. The molecule has 0 aromatic carbocycles. The zero-order valence-corrected chi connectivity index (χ0v) is 11.9. The first-order valence-corrected chi connectivity index (χ1v) is 6.74. The number of nitrogens with one attached hydrogen (secondary N) is 1. The molecule has 1 unspecified atom stereocenters. The Kier molecular flexibility index (Phi) is 6.05. The summed E-state index contributed by atoms with van der Waals surface area (Å²) >= 11 is 0. The third kappa shape index (κ3) is 3.67. The topological polar surface area (TPSA) is 67.6 Å².